The number of rotatable bonds is 3. The normalized spacial score (nSPS) is 13.6. The monoisotopic (exact) mass is 201 g/mol. The second-order valence-electron chi connectivity index (χ2n) is 4.87. The Hall–Kier alpha value is -0.730. The first-order chi connectivity index (χ1) is 6.26. The van der Waals surface area contributed by atoms with E-state index in [0.29, 0.717) is 5.92 Å². The van der Waals surface area contributed by atoms with Crippen molar-refractivity contribution in [2.24, 2.45) is 5.92 Å². The predicted octanol–water partition coefficient (Wildman–Crippen LogP) is 2.90. The van der Waals surface area contributed by atoms with Crippen LogP contribution >= 0.6 is 0 Å². The van der Waals surface area contributed by atoms with Crippen LogP contribution in [-0.4, -0.2) is 30.2 Å². The Morgan fingerprint density at radius 3 is 2.29 bits per heavy atom. The molecule has 0 heterocycles. The van der Waals surface area contributed by atoms with E-state index < -0.39 is 5.60 Å². The fourth-order valence-electron chi connectivity index (χ4n) is 1.01. The highest BCUT2D eigenvalue weighted by atomic mass is 16.6. The van der Waals surface area contributed by atoms with Gasteiger partial charge in [-0.2, -0.15) is 0 Å². The summed E-state index contributed by atoms with van der Waals surface area (Å²) in [7, 11) is 1.78. The molecule has 0 fully saturated rings. The van der Waals surface area contributed by atoms with Crippen molar-refractivity contribution in [3.05, 3.63) is 0 Å². The van der Waals surface area contributed by atoms with Crippen LogP contribution in [0.15, 0.2) is 0 Å². The van der Waals surface area contributed by atoms with Crippen molar-refractivity contribution in [2.75, 3.05) is 13.6 Å². The molecule has 1 atom stereocenters. The van der Waals surface area contributed by atoms with E-state index in [1.807, 2.05) is 20.8 Å². The zero-order valence-corrected chi connectivity index (χ0v) is 10.3. The molecule has 1 unspecified atom stereocenters. The topological polar surface area (TPSA) is 29.5 Å². The number of hydrogen-bond acceptors (Lipinski definition) is 2. The molecule has 0 bridgehead atoms. The molecule has 14 heavy (non-hydrogen) atoms. The van der Waals surface area contributed by atoms with E-state index >= 15 is 0 Å². The fraction of sp³-hybridized carbons (Fsp3) is 0.909. The summed E-state index contributed by atoms with van der Waals surface area (Å²) >= 11 is 0. The van der Waals surface area contributed by atoms with Gasteiger partial charge in [-0.1, -0.05) is 20.3 Å². The molecule has 0 aliphatic rings. The van der Waals surface area contributed by atoms with Gasteiger partial charge in [0.15, 0.2) is 0 Å². The molecule has 0 saturated heterocycles. The first-order valence-corrected chi connectivity index (χ1v) is 5.20. The van der Waals surface area contributed by atoms with Crippen LogP contribution in [0.5, 0.6) is 0 Å². The SMILES string of the molecule is CCC(C)CN(C)C(=O)OC(C)(C)C. The van der Waals surface area contributed by atoms with E-state index in [2.05, 4.69) is 13.8 Å². The molecule has 0 rings (SSSR count). The molecule has 0 aromatic rings. The van der Waals surface area contributed by atoms with E-state index in [4.69, 9.17) is 4.74 Å². The van der Waals surface area contributed by atoms with Crippen LogP contribution < -0.4 is 0 Å². The lowest BCUT2D eigenvalue weighted by Crippen LogP contribution is -2.36. The lowest BCUT2D eigenvalue weighted by Gasteiger charge is -2.26. The minimum Gasteiger partial charge on any atom is -0.444 e. The zero-order valence-electron chi connectivity index (χ0n) is 10.3. The lowest BCUT2D eigenvalue weighted by atomic mass is 10.1. The fourth-order valence-corrected chi connectivity index (χ4v) is 1.01. The lowest BCUT2D eigenvalue weighted by molar-refractivity contribution is 0.0276. The highest BCUT2D eigenvalue weighted by Gasteiger charge is 2.20. The van der Waals surface area contributed by atoms with Crippen LogP contribution in [0.25, 0.3) is 0 Å². The van der Waals surface area contributed by atoms with E-state index in [1.165, 1.54) is 0 Å². The van der Waals surface area contributed by atoms with Crippen molar-refractivity contribution in [3.63, 3.8) is 0 Å². The summed E-state index contributed by atoms with van der Waals surface area (Å²) in [6.45, 7) is 10.6. The van der Waals surface area contributed by atoms with E-state index in [-0.39, 0.29) is 6.09 Å². The maximum atomic E-state index is 11.5. The van der Waals surface area contributed by atoms with Gasteiger partial charge in [0, 0.05) is 13.6 Å². The van der Waals surface area contributed by atoms with Crippen LogP contribution in [0.3, 0.4) is 0 Å². The number of carbonyl (C=O) groups is 1. The molecule has 84 valence electrons. The van der Waals surface area contributed by atoms with Crippen molar-refractivity contribution >= 4 is 6.09 Å². The highest BCUT2D eigenvalue weighted by Crippen LogP contribution is 2.10. The van der Waals surface area contributed by atoms with E-state index in [1.54, 1.807) is 11.9 Å². The van der Waals surface area contributed by atoms with E-state index in [9.17, 15) is 4.79 Å². The average molecular weight is 201 g/mol. The summed E-state index contributed by atoms with van der Waals surface area (Å²) in [5, 5.41) is 0. The summed E-state index contributed by atoms with van der Waals surface area (Å²) in [5.74, 6) is 0.521. The second-order valence-corrected chi connectivity index (χ2v) is 4.87. The van der Waals surface area contributed by atoms with Crippen molar-refractivity contribution in [1.29, 1.82) is 0 Å². The molecule has 0 N–H and O–H groups in total. The largest absolute Gasteiger partial charge is 0.444 e. The molecule has 0 aromatic heterocycles. The van der Waals surface area contributed by atoms with Crippen LogP contribution in [0, 0.1) is 5.92 Å². The smallest absolute Gasteiger partial charge is 0.410 e. The summed E-state index contributed by atoms with van der Waals surface area (Å²) in [6, 6.07) is 0. The molecule has 0 aliphatic carbocycles. The standard InChI is InChI=1S/C11H23NO2/c1-7-9(2)8-12(6)10(13)14-11(3,4)5/h9H,7-8H2,1-6H3. The van der Waals surface area contributed by atoms with Gasteiger partial charge in [-0.05, 0) is 26.7 Å². The Balaban J connectivity index is 4.00. The summed E-state index contributed by atoms with van der Waals surface area (Å²) in [4.78, 5) is 13.2. The number of amides is 1. The van der Waals surface area contributed by atoms with Crippen molar-refractivity contribution < 1.29 is 9.53 Å². The van der Waals surface area contributed by atoms with Crippen LogP contribution in [-0.2, 0) is 4.74 Å². The summed E-state index contributed by atoms with van der Waals surface area (Å²) < 4.78 is 5.23. The number of hydrogen-bond donors (Lipinski definition) is 0. The minimum absolute atomic E-state index is 0.238. The highest BCUT2D eigenvalue weighted by molar-refractivity contribution is 5.67. The van der Waals surface area contributed by atoms with Gasteiger partial charge in [-0.15, -0.1) is 0 Å². The zero-order chi connectivity index (χ0) is 11.4. The number of carbonyl (C=O) groups excluding carboxylic acids is 1. The molecular formula is C11H23NO2. The molecular weight excluding hydrogens is 178 g/mol. The van der Waals surface area contributed by atoms with Crippen molar-refractivity contribution in [1.82, 2.24) is 4.90 Å². The maximum absolute atomic E-state index is 11.5. The quantitative estimate of drug-likeness (QED) is 0.702. The van der Waals surface area contributed by atoms with Crippen LogP contribution in [0.4, 0.5) is 4.79 Å². The first kappa shape index (κ1) is 13.3. The minimum atomic E-state index is -0.402. The Kier molecular flexibility index (Phi) is 4.95. The average Bonchev–Trinajstić information content (AvgIpc) is 2.00. The molecule has 3 heteroatoms. The van der Waals surface area contributed by atoms with Crippen LogP contribution in [0.2, 0.25) is 0 Å². The van der Waals surface area contributed by atoms with Crippen molar-refractivity contribution in [2.45, 2.75) is 46.6 Å². The molecule has 3 nitrogen and oxygen atoms in total. The van der Waals surface area contributed by atoms with Gasteiger partial charge in [0.05, 0.1) is 0 Å². The predicted molar refractivity (Wildman–Crippen MR) is 58.3 cm³/mol. The van der Waals surface area contributed by atoms with Gasteiger partial charge >= 0.3 is 6.09 Å². The van der Waals surface area contributed by atoms with Gasteiger partial charge in [-0.3, -0.25) is 0 Å². The molecule has 0 aromatic carbocycles. The van der Waals surface area contributed by atoms with Crippen molar-refractivity contribution in [3.8, 4) is 0 Å². The maximum Gasteiger partial charge on any atom is 0.410 e. The third kappa shape index (κ3) is 5.84. The Labute approximate surface area is 87.4 Å². The molecule has 0 aliphatic heterocycles. The van der Waals surface area contributed by atoms with Gasteiger partial charge in [0.2, 0.25) is 0 Å². The first-order valence-electron chi connectivity index (χ1n) is 5.20. The van der Waals surface area contributed by atoms with Gasteiger partial charge < -0.3 is 9.64 Å². The second kappa shape index (κ2) is 5.23. The third-order valence-corrected chi connectivity index (χ3v) is 1.99. The summed E-state index contributed by atoms with van der Waals surface area (Å²) in [6.07, 6.45) is 0.838. The van der Waals surface area contributed by atoms with Gasteiger partial charge in [0.1, 0.15) is 5.60 Å². The van der Waals surface area contributed by atoms with Gasteiger partial charge in [-0.25, -0.2) is 4.79 Å². The summed E-state index contributed by atoms with van der Waals surface area (Å²) in [5.41, 5.74) is -0.402. The van der Waals surface area contributed by atoms with Gasteiger partial charge in [0.25, 0.3) is 0 Å². The molecule has 1 amide bonds. The van der Waals surface area contributed by atoms with Crippen LogP contribution in [0.1, 0.15) is 41.0 Å². The Morgan fingerprint density at radius 2 is 1.93 bits per heavy atom. The molecule has 0 saturated carbocycles. The molecule has 0 radical (unpaired) electrons. The number of ether oxygens (including phenoxy) is 1. The Bertz CT molecular complexity index is 184. The third-order valence-electron chi connectivity index (χ3n) is 1.99. The molecule has 0 spiro atoms. The van der Waals surface area contributed by atoms with E-state index in [0.717, 1.165) is 13.0 Å². The Morgan fingerprint density at radius 1 is 1.43 bits per heavy atom. The number of nitrogens with zero attached hydrogens (tertiary/aromatic N) is 1.